The molecule has 0 atom stereocenters. The van der Waals surface area contributed by atoms with Crippen LogP contribution in [0.3, 0.4) is 0 Å². The molecule has 16 heavy (non-hydrogen) atoms. The Morgan fingerprint density at radius 3 is 2.69 bits per heavy atom. The van der Waals surface area contributed by atoms with Crippen molar-refractivity contribution in [2.45, 2.75) is 19.9 Å². The van der Waals surface area contributed by atoms with Crippen LogP contribution >= 0.6 is 23.2 Å². The van der Waals surface area contributed by atoms with E-state index in [4.69, 9.17) is 27.6 Å². The minimum Gasteiger partial charge on any atom is -0.458 e. The van der Waals surface area contributed by atoms with E-state index >= 15 is 0 Å². The van der Waals surface area contributed by atoms with Crippen molar-refractivity contribution in [3.63, 3.8) is 0 Å². The van der Waals surface area contributed by atoms with E-state index in [0.717, 1.165) is 24.1 Å². The van der Waals surface area contributed by atoms with E-state index in [9.17, 15) is 0 Å². The van der Waals surface area contributed by atoms with Crippen LogP contribution in [0.2, 0.25) is 10.0 Å². The summed E-state index contributed by atoms with van der Waals surface area (Å²) < 4.78 is 5.65. The fourth-order valence-corrected chi connectivity index (χ4v) is 1.99. The number of furan rings is 1. The van der Waals surface area contributed by atoms with Crippen LogP contribution in [0.25, 0.3) is 11.0 Å². The van der Waals surface area contributed by atoms with Gasteiger partial charge in [0.25, 0.3) is 0 Å². The lowest BCUT2D eigenvalue weighted by atomic mass is 10.2. The highest BCUT2D eigenvalue weighted by atomic mass is 35.5. The van der Waals surface area contributed by atoms with Crippen LogP contribution in [0.1, 0.15) is 19.1 Å². The van der Waals surface area contributed by atoms with Crippen molar-refractivity contribution < 1.29 is 4.42 Å². The zero-order chi connectivity index (χ0) is 11.5. The van der Waals surface area contributed by atoms with Crippen LogP contribution < -0.4 is 5.32 Å². The molecule has 1 heterocycles. The summed E-state index contributed by atoms with van der Waals surface area (Å²) in [5.74, 6) is 0.860. The first-order chi connectivity index (χ1) is 7.72. The van der Waals surface area contributed by atoms with Crippen molar-refractivity contribution >= 4 is 34.2 Å². The summed E-state index contributed by atoms with van der Waals surface area (Å²) in [6.07, 6.45) is 1.10. The van der Waals surface area contributed by atoms with Gasteiger partial charge in [-0.15, -0.1) is 0 Å². The molecule has 0 aliphatic heterocycles. The maximum absolute atomic E-state index is 6.06. The second-order valence-corrected chi connectivity index (χ2v) is 4.48. The molecule has 0 fully saturated rings. The summed E-state index contributed by atoms with van der Waals surface area (Å²) in [4.78, 5) is 0. The molecule has 0 unspecified atom stereocenters. The number of benzene rings is 1. The average molecular weight is 258 g/mol. The van der Waals surface area contributed by atoms with E-state index in [-0.39, 0.29) is 0 Å². The number of hydrogen-bond donors (Lipinski definition) is 1. The van der Waals surface area contributed by atoms with Gasteiger partial charge in [0.2, 0.25) is 0 Å². The van der Waals surface area contributed by atoms with E-state index in [1.165, 1.54) is 0 Å². The Kier molecular flexibility index (Phi) is 3.74. The molecule has 2 nitrogen and oxygen atoms in total. The van der Waals surface area contributed by atoms with Crippen molar-refractivity contribution in [3.8, 4) is 0 Å². The Balaban J connectivity index is 2.29. The number of hydrogen-bond acceptors (Lipinski definition) is 2. The fourth-order valence-electron chi connectivity index (χ4n) is 1.58. The predicted octanol–water partition coefficient (Wildman–Crippen LogP) is 4.24. The smallest absolute Gasteiger partial charge is 0.154 e. The Bertz CT molecular complexity index is 454. The summed E-state index contributed by atoms with van der Waals surface area (Å²) in [6, 6.07) is 5.47. The van der Waals surface area contributed by atoms with Gasteiger partial charge in [0.15, 0.2) is 5.58 Å². The highest BCUT2D eigenvalue weighted by Crippen LogP contribution is 2.32. The topological polar surface area (TPSA) is 25.2 Å². The number of fused-ring (bicyclic) bond motifs is 1. The Morgan fingerprint density at radius 2 is 2.00 bits per heavy atom. The summed E-state index contributed by atoms with van der Waals surface area (Å²) in [5, 5.41) is 5.42. The lowest BCUT2D eigenvalue weighted by Crippen LogP contribution is -2.12. The molecule has 1 N–H and O–H groups in total. The second kappa shape index (κ2) is 5.09. The fraction of sp³-hybridized carbons (Fsp3) is 0.333. The van der Waals surface area contributed by atoms with Crippen LogP contribution in [0.15, 0.2) is 22.6 Å². The predicted molar refractivity (Wildman–Crippen MR) is 68.2 cm³/mol. The molecule has 1 aromatic carbocycles. The largest absolute Gasteiger partial charge is 0.458 e. The first-order valence-corrected chi connectivity index (χ1v) is 6.05. The first-order valence-electron chi connectivity index (χ1n) is 5.29. The van der Waals surface area contributed by atoms with Gasteiger partial charge in [-0.05, 0) is 31.2 Å². The maximum Gasteiger partial charge on any atom is 0.154 e. The normalized spacial score (nSPS) is 11.2. The van der Waals surface area contributed by atoms with E-state index in [1.54, 1.807) is 12.1 Å². The molecular weight excluding hydrogens is 245 g/mol. The third-order valence-corrected chi connectivity index (χ3v) is 2.99. The van der Waals surface area contributed by atoms with Gasteiger partial charge >= 0.3 is 0 Å². The van der Waals surface area contributed by atoms with Gasteiger partial charge in [-0.25, -0.2) is 0 Å². The van der Waals surface area contributed by atoms with E-state index in [1.807, 2.05) is 6.07 Å². The van der Waals surface area contributed by atoms with Crippen molar-refractivity contribution in [3.05, 3.63) is 34.0 Å². The van der Waals surface area contributed by atoms with Gasteiger partial charge in [-0.1, -0.05) is 30.1 Å². The first kappa shape index (κ1) is 11.8. The van der Waals surface area contributed by atoms with Gasteiger partial charge in [0, 0.05) is 5.39 Å². The number of nitrogens with one attached hydrogen (secondary N) is 1. The highest BCUT2D eigenvalue weighted by molar-refractivity contribution is 6.39. The van der Waals surface area contributed by atoms with Crippen LogP contribution in [-0.4, -0.2) is 6.54 Å². The molecule has 0 amide bonds. The zero-order valence-electron chi connectivity index (χ0n) is 9.02. The monoisotopic (exact) mass is 257 g/mol. The summed E-state index contributed by atoms with van der Waals surface area (Å²) in [5.41, 5.74) is 0.669. The van der Waals surface area contributed by atoms with Gasteiger partial charge in [0.05, 0.1) is 16.6 Å². The van der Waals surface area contributed by atoms with Crippen molar-refractivity contribution in [2.75, 3.05) is 6.54 Å². The summed E-state index contributed by atoms with van der Waals surface area (Å²) >= 11 is 12.1. The van der Waals surface area contributed by atoms with Crippen molar-refractivity contribution in [2.24, 2.45) is 0 Å². The van der Waals surface area contributed by atoms with Crippen molar-refractivity contribution in [1.82, 2.24) is 5.32 Å². The van der Waals surface area contributed by atoms with E-state index < -0.39 is 0 Å². The van der Waals surface area contributed by atoms with E-state index in [0.29, 0.717) is 22.2 Å². The van der Waals surface area contributed by atoms with Gasteiger partial charge in [0.1, 0.15) is 5.76 Å². The second-order valence-electron chi connectivity index (χ2n) is 3.66. The van der Waals surface area contributed by atoms with Gasteiger partial charge < -0.3 is 9.73 Å². The van der Waals surface area contributed by atoms with E-state index in [2.05, 4.69) is 12.2 Å². The zero-order valence-corrected chi connectivity index (χ0v) is 10.5. The lowest BCUT2D eigenvalue weighted by Gasteiger charge is -1.97. The molecule has 0 aliphatic rings. The molecule has 0 saturated carbocycles. The molecule has 1 aromatic heterocycles. The van der Waals surface area contributed by atoms with Crippen LogP contribution in [0.5, 0.6) is 0 Å². The minimum absolute atomic E-state index is 0.598. The standard InChI is InChI=1S/C12H13Cl2NO/c1-2-5-15-7-8-6-9-10(13)3-4-11(14)12(9)16-8/h3-4,6,15H,2,5,7H2,1H3. The Hall–Kier alpha value is -0.700. The number of halogens is 2. The molecule has 86 valence electrons. The molecule has 4 heteroatoms. The number of rotatable bonds is 4. The molecule has 0 aliphatic carbocycles. The highest BCUT2D eigenvalue weighted by Gasteiger charge is 2.09. The lowest BCUT2D eigenvalue weighted by molar-refractivity contribution is 0.513. The SMILES string of the molecule is CCCNCc1cc2c(Cl)ccc(Cl)c2o1. The molecule has 0 bridgehead atoms. The molecule has 2 rings (SSSR count). The molecule has 0 spiro atoms. The quantitative estimate of drug-likeness (QED) is 0.830. The molecule has 0 saturated heterocycles. The van der Waals surface area contributed by atoms with Crippen LogP contribution in [0.4, 0.5) is 0 Å². The molecule has 2 aromatic rings. The summed E-state index contributed by atoms with van der Waals surface area (Å²) in [7, 11) is 0. The van der Waals surface area contributed by atoms with Gasteiger partial charge in [-0.2, -0.15) is 0 Å². The minimum atomic E-state index is 0.598. The maximum atomic E-state index is 6.06. The van der Waals surface area contributed by atoms with Crippen molar-refractivity contribution in [1.29, 1.82) is 0 Å². The van der Waals surface area contributed by atoms with Crippen LogP contribution in [-0.2, 0) is 6.54 Å². The Labute approximate surface area is 105 Å². The molecular formula is C12H13Cl2NO. The van der Waals surface area contributed by atoms with Crippen LogP contribution in [0, 0.1) is 0 Å². The summed E-state index contributed by atoms with van der Waals surface area (Å²) in [6.45, 7) is 3.80. The third-order valence-electron chi connectivity index (χ3n) is 2.36. The Morgan fingerprint density at radius 1 is 1.25 bits per heavy atom. The third kappa shape index (κ3) is 2.34. The molecule has 0 radical (unpaired) electrons. The average Bonchev–Trinajstić information content (AvgIpc) is 2.69. The van der Waals surface area contributed by atoms with Gasteiger partial charge in [-0.3, -0.25) is 0 Å².